The van der Waals surface area contributed by atoms with E-state index < -0.39 is 0 Å². The van der Waals surface area contributed by atoms with Crippen molar-refractivity contribution < 1.29 is 13.9 Å². The number of aromatic nitrogens is 2. The van der Waals surface area contributed by atoms with Crippen molar-refractivity contribution in [3.8, 4) is 0 Å². The molecular weight excluding hydrogens is 266 g/mol. The number of hydrogen-bond donors (Lipinski definition) is 1. The Morgan fingerprint density at radius 1 is 1.37 bits per heavy atom. The molecule has 100 valence electrons. The van der Waals surface area contributed by atoms with E-state index in [4.69, 9.17) is 4.42 Å². The summed E-state index contributed by atoms with van der Waals surface area (Å²) >= 11 is 1.15. The van der Waals surface area contributed by atoms with Gasteiger partial charge in [-0.1, -0.05) is 30.0 Å². The molecule has 1 aromatic carbocycles. The van der Waals surface area contributed by atoms with Gasteiger partial charge < -0.3 is 14.5 Å². The first kappa shape index (κ1) is 13.4. The van der Waals surface area contributed by atoms with E-state index in [0.29, 0.717) is 17.7 Å². The number of nitrogens with zero attached hydrogens (tertiary/aromatic N) is 2. The highest BCUT2D eigenvalue weighted by Crippen LogP contribution is 2.16. The summed E-state index contributed by atoms with van der Waals surface area (Å²) in [6, 6.07) is 9.72. The topological polar surface area (TPSA) is 77.2 Å². The van der Waals surface area contributed by atoms with Crippen molar-refractivity contribution in [1.29, 1.82) is 0 Å². The number of nitrogens with one attached hydrogen (secondary N) is 1. The predicted octanol–water partition coefficient (Wildman–Crippen LogP) is 1.95. The number of ether oxygens (including phenoxy) is 1. The van der Waals surface area contributed by atoms with Crippen LogP contribution in [-0.2, 0) is 16.1 Å². The van der Waals surface area contributed by atoms with Crippen molar-refractivity contribution in [3.05, 3.63) is 36.2 Å². The second-order valence-electron chi connectivity index (χ2n) is 3.55. The molecule has 0 unspecified atom stereocenters. The molecule has 0 amide bonds. The Morgan fingerprint density at radius 2 is 2.16 bits per heavy atom. The molecule has 0 atom stereocenters. The fourth-order valence-corrected chi connectivity index (χ4v) is 1.89. The van der Waals surface area contributed by atoms with Gasteiger partial charge in [-0.3, -0.25) is 4.79 Å². The molecule has 7 heteroatoms. The Balaban J connectivity index is 1.82. The number of benzene rings is 1. The molecule has 0 bridgehead atoms. The minimum atomic E-state index is -0.327. The van der Waals surface area contributed by atoms with Crippen molar-refractivity contribution in [2.24, 2.45) is 0 Å². The van der Waals surface area contributed by atoms with Crippen LogP contribution in [0.5, 0.6) is 0 Å². The van der Waals surface area contributed by atoms with Crippen LogP contribution in [0.1, 0.15) is 5.89 Å². The van der Waals surface area contributed by atoms with E-state index in [2.05, 4.69) is 20.3 Å². The van der Waals surface area contributed by atoms with Gasteiger partial charge in [-0.15, -0.1) is 10.2 Å². The van der Waals surface area contributed by atoms with Gasteiger partial charge in [-0.05, 0) is 12.1 Å². The number of esters is 1. The highest BCUT2D eigenvalue weighted by Gasteiger charge is 2.09. The Kier molecular flexibility index (Phi) is 4.79. The van der Waals surface area contributed by atoms with Crippen molar-refractivity contribution in [2.45, 2.75) is 11.8 Å². The van der Waals surface area contributed by atoms with Crippen LogP contribution < -0.4 is 5.32 Å². The summed E-state index contributed by atoms with van der Waals surface area (Å²) in [5.41, 5.74) is 0.976. The predicted molar refractivity (Wildman–Crippen MR) is 70.8 cm³/mol. The average Bonchev–Trinajstić information content (AvgIpc) is 2.91. The number of anilines is 1. The van der Waals surface area contributed by atoms with Gasteiger partial charge in [-0.2, -0.15) is 0 Å². The maximum absolute atomic E-state index is 11.0. The van der Waals surface area contributed by atoms with Crippen LogP contribution in [0.4, 0.5) is 5.69 Å². The lowest BCUT2D eigenvalue weighted by Gasteiger charge is -2.01. The van der Waals surface area contributed by atoms with E-state index >= 15 is 0 Å². The molecule has 2 rings (SSSR count). The Bertz CT molecular complexity index is 530. The van der Waals surface area contributed by atoms with Gasteiger partial charge in [0.25, 0.3) is 5.22 Å². The number of methoxy groups -OCH3 is 1. The van der Waals surface area contributed by atoms with Gasteiger partial charge in [0.2, 0.25) is 5.89 Å². The molecule has 6 nitrogen and oxygen atoms in total. The lowest BCUT2D eigenvalue weighted by atomic mass is 10.3. The molecule has 0 radical (unpaired) electrons. The molecule has 1 N–H and O–H groups in total. The standard InChI is InChI=1S/C12H13N3O3S/c1-17-11(16)8-19-12-15-14-10(18-12)7-13-9-5-3-2-4-6-9/h2-6,13H,7-8H2,1H3. The summed E-state index contributed by atoms with van der Waals surface area (Å²) in [5.74, 6) is 0.299. The van der Waals surface area contributed by atoms with E-state index in [1.807, 2.05) is 30.3 Å². The monoisotopic (exact) mass is 279 g/mol. The highest BCUT2D eigenvalue weighted by atomic mass is 32.2. The lowest BCUT2D eigenvalue weighted by molar-refractivity contribution is -0.137. The number of rotatable bonds is 6. The van der Waals surface area contributed by atoms with Crippen LogP contribution in [0.3, 0.4) is 0 Å². The SMILES string of the molecule is COC(=O)CSc1nnc(CNc2ccccc2)o1. The number of thioether (sulfide) groups is 1. The zero-order valence-electron chi connectivity index (χ0n) is 10.3. The van der Waals surface area contributed by atoms with E-state index in [9.17, 15) is 4.79 Å². The second kappa shape index (κ2) is 6.79. The van der Waals surface area contributed by atoms with Gasteiger partial charge in [0, 0.05) is 5.69 Å². The molecule has 0 saturated heterocycles. The molecule has 0 aliphatic rings. The second-order valence-corrected chi connectivity index (χ2v) is 4.47. The zero-order chi connectivity index (χ0) is 13.5. The van der Waals surface area contributed by atoms with Crippen molar-refractivity contribution in [1.82, 2.24) is 10.2 Å². The van der Waals surface area contributed by atoms with E-state index in [-0.39, 0.29) is 11.7 Å². The normalized spacial score (nSPS) is 10.2. The summed E-state index contributed by atoms with van der Waals surface area (Å²) in [5, 5.41) is 11.2. The maximum Gasteiger partial charge on any atom is 0.316 e. The molecule has 0 aliphatic carbocycles. The number of para-hydroxylation sites is 1. The third-order valence-electron chi connectivity index (χ3n) is 2.21. The van der Waals surface area contributed by atoms with E-state index in [1.165, 1.54) is 7.11 Å². The first-order valence-electron chi connectivity index (χ1n) is 5.59. The number of carbonyl (C=O) groups excluding carboxylic acids is 1. The zero-order valence-corrected chi connectivity index (χ0v) is 11.1. The van der Waals surface area contributed by atoms with Gasteiger partial charge in [0.05, 0.1) is 13.7 Å². The quantitative estimate of drug-likeness (QED) is 0.639. The first-order valence-corrected chi connectivity index (χ1v) is 6.57. The van der Waals surface area contributed by atoms with E-state index in [1.54, 1.807) is 0 Å². The third-order valence-corrected chi connectivity index (χ3v) is 3.00. The number of hydrogen-bond acceptors (Lipinski definition) is 7. The van der Waals surface area contributed by atoms with Crippen LogP contribution in [0.15, 0.2) is 40.0 Å². The fraction of sp³-hybridized carbons (Fsp3) is 0.250. The van der Waals surface area contributed by atoms with Crippen LogP contribution in [0, 0.1) is 0 Å². The van der Waals surface area contributed by atoms with E-state index in [0.717, 1.165) is 17.4 Å². The van der Waals surface area contributed by atoms with Crippen LogP contribution in [-0.4, -0.2) is 29.0 Å². The minimum Gasteiger partial charge on any atom is -0.468 e. The molecule has 19 heavy (non-hydrogen) atoms. The summed E-state index contributed by atoms with van der Waals surface area (Å²) in [6.07, 6.45) is 0. The smallest absolute Gasteiger partial charge is 0.316 e. The first-order chi connectivity index (χ1) is 9.28. The van der Waals surface area contributed by atoms with Gasteiger partial charge in [-0.25, -0.2) is 0 Å². The van der Waals surface area contributed by atoms with Crippen molar-refractivity contribution in [3.63, 3.8) is 0 Å². The molecule has 0 fully saturated rings. The fourth-order valence-electron chi connectivity index (χ4n) is 1.28. The van der Waals surface area contributed by atoms with Crippen molar-refractivity contribution in [2.75, 3.05) is 18.2 Å². The highest BCUT2D eigenvalue weighted by molar-refractivity contribution is 7.99. The maximum atomic E-state index is 11.0. The Morgan fingerprint density at radius 3 is 2.89 bits per heavy atom. The van der Waals surface area contributed by atoms with Gasteiger partial charge in [0.1, 0.15) is 5.75 Å². The molecule has 2 aromatic rings. The summed E-state index contributed by atoms with van der Waals surface area (Å²) in [6.45, 7) is 0.440. The van der Waals surface area contributed by atoms with Crippen LogP contribution in [0.25, 0.3) is 0 Å². The summed E-state index contributed by atoms with van der Waals surface area (Å²) in [4.78, 5) is 11.0. The molecule has 0 spiro atoms. The molecule has 1 aromatic heterocycles. The average molecular weight is 279 g/mol. The number of carbonyl (C=O) groups is 1. The Labute approximate surface area is 114 Å². The van der Waals surface area contributed by atoms with Crippen LogP contribution >= 0.6 is 11.8 Å². The largest absolute Gasteiger partial charge is 0.468 e. The molecule has 0 saturated carbocycles. The summed E-state index contributed by atoms with van der Waals surface area (Å²) in [7, 11) is 1.34. The third kappa shape index (κ3) is 4.29. The molecule has 0 aliphatic heterocycles. The Hall–Kier alpha value is -2.02. The lowest BCUT2D eigenvalue weighted by Crippen LogP contribution is -2.02. The van der Waals surface area contributed by atoms with Gasteiger partial charge >= 0.3 is 5.97 Å². The van der Waals surface area contributed by atoms with Gasteiger partial charge in [0.15, 0.2) is 0 Å². The molecule has 1 heterocycles. The van der Waals surface area contributed by atoms with Crippen molar-refractivity contribution >= 4 is 23.4 Å². The molecular formula is C12H13N3O3S. The minimum absolute atomic E-state index is 0.157. The summed E-state index contributed by atoms with van der Waals surface area (Å²) < 4.78 is 9.89. The van der Waals surface area contributed by atoms with Crippen LogP contribution in [0.2, 0.25) is 0 Å².